The molecule has 0 saturated carbocycles. The molecular formula is C17H16ClFN2O3. The highest BCUT2D eigenvalue weighted by molar-refractivity contribution is 6.30. The Morgan fingerprint density at radius 3 is 2.58 bits per heavy atom. The van der Waals surface area contributed by atoms with Crippen LogP contribution in [0.25, 0.3) is 0 Å². The molecule has 7 heteroatoms. The van der Waals surface area contributed by atoms with Crippen LogP contribution in [0.15, 0.2) is 42.5 Å². The Morgan fingerprint density at radius 2 is 1.88 bits per heavy atom. The van der Waals surface area contributed by atoms with E-state index in [9.17, 15) is 14.0 Å². The van der Waals surface area contributed by atoms with Crippen LogP contribution in [0.3, 0.4) is 0 Å². The summed E-state index contributed by atoms with van der Waals surface area (Å²) in [4.78, 5) is 23.4. The molecule has 0 bridgehead atoms. The van der Waals surface area contributed by atoms with Gasteiger partial charge in [-0.25, -0.2) is 4.39 Å². The first-order chi connectivity index (χ1) is 11.4. The number of hydrazine groups is 1. The number of hydrogen-bond donors (Lipinski definition) is 2. The fraction of sp³-hybridized carbons (Fsp3) is 0.176. The Labute approximate surface area is 143 Å². The van der Waals surface area contributed by atoms with Crippen LogP contribution in [-0.2, 0) is 16.0 Å². The summed E-state index contributed by atoms with van der Waals surface area (Å²) in [6, 6.07) is 10.7. The first-order valence-corrected chi connectivity index (χ1v) is 7.53. The molecule has 2 aromatic rings. The van der Waals surface area contributed by atoms with Crippen molar-refractivity contribution in [2.24, 2.45) is 0 Å². The summed E-state index contributed by atoms with van der Waals surface area (Å²) in [6.07, 6.45) is -0.0464. The van der Waals surface area contributed by atoms with Crippen molar-refractivity contribution in [2.45, 2.75) is 13.3 Å². The molecule has 0 saturated heterocycles. The lowest BCUT2D eigenvalue weighted by Crippen LogP contribution is -2.44. The normalized spacial score (nSPS) is 10.1. The summed E-state index contributed by atoms with van der Waals surface area (Å²) in [5, 5.41) is 0.578. The fourth-order valence-corrected chi connectivity index (χ4v) is 2.20. The Hall–Kier alpha value is -2.60. The van der Waals surface area contributed by atoms with Crippen LogP contribution in [0.5, 0.6) is 5.75 Å². The van der Waals surface area contributed by atoms with Gasteiger partial charge in [0.05, 0.1) is 6.42 Å². The van der Waals surface area contributed by atoms with E-state index in [1.807, 2.05) is 0 Å². The molecule has 0 unspecified atom stereocenters. The van der Waals surface area contributed by atoms with Crippen molar-refractivity contribution in [1.82, 2.24) is 10.9 Å². The highest BCUT2D eigenvalue weighted by Crippen LogP contribution is 2.21. The zero-order valence-corrected chi connectivity index (χ0v) is 13.7. The topological polar surface area (TPSA) is 67.4 Å². The van der Waals surface area contributed by atoms with Gasteiger partial charge in [-0.2, -0.15) is 0 Å². The van der Waals surface area contributed by atoms with E-state index in [0.29, 0.717) is 16.3 Å². The van der Waals surface area contributed by atoms with E-state index in [2.05, 4.69) is 10.9 Å². The number of nitrogens with one attached hydrogen (secondary N) is 2. The zero-order chi connectivity index (χ0) is 17.5. The lowest BCUT2D eigenvalue weighted by molar-refractivity contribution is -0.129. The van der Waals surface area contributed by atoms with Crippen LogP contribution < -0.4 is 15.6 Å². The van der Waals surface area contributed by atoms with Crippen LogP contribution >= 0.6 is 11.6 Å². The second-order valence-electron chi connectivity index (χ2n) is 5.10. The van der Waals surface area contributed by atoms with E-state index < -0.39 is 17.6 Å². The third kappa shape index (κ3) is 5.55. The van der Waals surface area contributed by atoms with Crippen molar-refractivity contribution in [2.75, 3.05) is 6.61 Å². The van der Waals surface area contributed by atoms with Gasteiger partial charge in [0, 0.05) is 5.02 Å². The summed E-state index contributed by atoms with van der Waals surface area (Å²) < 4.78 is 18.4. The van der Waals surface area contributed by atoms with Crippen molar-refractivity contribution < 1.29 is 18.7 Å². The molecule has 0 atom stereocenters. The number of carbonyl (C=O) groups excluding carboxylic acids is 2. The molecule has 0 fully saturated rings. The number of hydrogen-bond acceptors (Lipinski definition) is 3. The summed E-state index contributed by atoms with van der Waals surface area (Å²) in [5.74, 6) is -0.870. The van der Waals surface area contributed by atoms with Crippen LogP contribution in [0.4, 0.5) is 4.39 Å². The van der Waals surface area contributed by atoms with E-state index in [4.69, 9.17) is 16.3 Å². The molecule has 126 valence electrons. The maximum atomic E-state index is 13.0. The summed E-state index contributed by atoms with van der Waals surface area (Å²) >= 11 is 5.83. The smallest absolute Gasteiger partial charge is 0.276 e. The van der Waals surface area contributed by atoms with Gasteiger partial charge < -0.3 is 4.74 Å². The highest BCUT2D eigenvalue weighted by Gasteiger charge is 2.08. The minimum Gasteiger partial charge on any atom is -0.483 e. The molecular weight excluding hydrogens is 335 g/mol. The highest BCUT2D eigenvalue weighted by atomic mass is 35.5. The van der Waals surface area contributed by atoms with E-state index in [-0.39, 0.29) is 13.0 Å². The number of amides is 2. The summed E-state index contributed by atoms with van der Waals surface area (Å²) in [7, 11) is 0. The number of ether oxygens (including phenoxy) is 1. The SMILES string of the molecule is Cc1cc(Cl)ccc1OCC(=O)NNC(=O)Cc1cccc(F)c1. The van der Waals surface area contributed by atoms with Crippen molar-refractivity contribution in [3.8, 4) is 5.75 Å². The number of halogens is 2. The maximum Gasteiger partial charge on any atom is 0.276 e. The molecule has 2 aromatic carbocycles. The first-order valence-electron chi connectivity index (χ1n) is 7.15. The fourth-order valence-electron chi connectivity index (χ4n) is 1.97. The molecule has 0 radical (unpaired) electrons. The molecule has 0 aliphatic carbocycles. The Morgan fingerprint density at radius 1 is 1.12 bits per heavy atom. The molecule has 0 spiro atoms. The van der Waals surface area contributed by atoms with Crippen LogP contribution in [0.2, 0.25) is 5.02 Å². The molecule has 0 aliphatic heterocycles. The second-order valence-corrected chi connectivity index (χ2v) is 5.54. The molecule has 0 heterocycles. The molecule has 5 nitrogen and oxygen atoms in total. The zero-order valence-electron chi connectivity index (χ0n) is 12.9. The number of aryl methyl sites for hydroxylation is 1. The number of carbonyl (C=O) groups is 2. The van der Waals surface area contributed by atoms with E-state index in [1.165, 1.54) is 18.2 Å². The van der Waals surface area contributed by atoms with Gasteiger partial charge in [0.15, 0.2) is 6.61 Å². The summed E-state index contributed by atoms with van der Waals surface area (Å²) in [5.41, 5.74) is 5.79. The Kier molecular flexibility index (Phi) is 6.14. The maximum absolute atomic E-state index is 13.0. The molecule has 2 amide bonds. The first kappa shape index (κ1) is 17.7. The van der Waals surface area contributed by atoms with Gasteiger partial charge in [-0.3, -0.25) is 20.4 Å². The standard InChI is InChI=1S/C17H16ClFN2O3/c1-11-7-13(18)5-6-15(11)24-10-17(23)21-20-16(22)9-12-3-2-4-14(19)8-12/h2-8H,9-10H2,1H3,(H,20,22)(H,21,23). The second kappa shape index (κ2) is 8.31. The Bertz CT molecular complexity index is 752. The van der Waals surface area contributed by atoms with E-state index in [1.54, 1.807) is 31.2 Å². The van der Waals surface area contributed by atoms with Crippen LogP contribution in [0.1, 0.15) is 11.1 Å². The van der Waals surface area contributed by atoms with Gasteiger partial charge in [-0.1, -0.05) is 23.7 Å². The van der Waals surface area contributed by atoms with Crippen molar-refractivity contribution in [3.05, 3.63) is 64.4 Å². The lowest BCUT2D eigenvalue weighted by Gasteiger charge is -2.10. The van der Waals surface area contributed by atoms with Gasteiger partial charge in [-0.15, -0.1) is 0 Å². The average Bonchev–Trinajstić information content (AvgIpc) is 2.52. The minimum atomic E-state index is -0.517. The third-order valence-corrected chi connectivity index (χ3v) is 3.33. The van der Waals surface area contributed by atoms with Gasteiger partial charge in [-0.05, 0) is 48.4 Å². The van der Waals surface area contributed by atoms with Crippen molar-refractivity contribution in [1.29, 1.82) is 0 Å². The van der Waals surface area contributed by atoms with Gasteiger partial charge >= 0.3 is 0 Å². The van der Waals surface area contributed by atoms with Crippen molar-refractivity contribution in [3.63, 3.8) is 0 Å². The predicted octanol–water partition coefficient (Wildman–Crippen LogP) is 2.56. The molecule has 2 rings (SSSR count). The third-order valence-electron chi connectivity index (χ3n) is 3.09. The quantitative estimate of drug-likeness (QED) is 0.814. The van der Waals surface area contributed by atoms with E-state index >= 15 is 0 Å². The Balaban J connectivity index is 1.75. The summed E-state index contributed by atoms with van der Waals surface area (Å²) in [6.45, 7) is 1.54. The lowest BCUT2D eigenvalue weighted by atomic mass is 10.1. The molecule has 2 N–H and O–H groups in total. The number of rotatable bonds is 5. The van der Waals surface area contributed by atoms with Gasteiger partial charge in [0.25, 0.3) is 5.91 Å². The van der Waals surface area contributed by atoms with E-state index in [0.717, 1.165) is 5.56 Å². The van der Waals surface area contributed by atoms with Gasteiger partial charge in [0.1, 0.15) is 11.6 Å². The average molecular weight is 351 g/mol. The predicted molar refractivity (Wildman–Crippen MR) is 88.1 cm³/mol. The molecule has 0 aliphatic rings. The minimum absolute atomic E-state index is 0.0464. The molecule has 24 heavy (non-hydrogen) atoms. The largest absolute Gasteiger partial charge is 0.483 e. The monoisotopic (exact) mass is 350 g/mol. The number of benzene rings is 2. The van der Waals surface area contributed by atoms with Crippen molar-refractivity contribution >= 4 is 23.4 Å². The molecule has 0 aromatic heterocycles. The van der Waals surface area contributed by atoms with Crippen LogP contribution in [-0.4, -0.2) is 18.4 Å². The van der Waals surface area contributed by atoms with Gasteiger partial charge in [0.2, 0.25) is 5.91 Å². The van der Waals surface area contributed by atoms with Crippen LogP contribution in [0, 0.1) is 12.7 Å².